The summed E-state index contributed by atoms with van der Waals surface area (Å²) < 4.78 is 5.57. The summed E-state index contributed by atoms with van der Waals surface area (Å²) in [5.74, 6) is 0. The Balaban J connectivity index is -0.0000000279. The van der Waals surface area contributed by atoms with Crippen molar-refractivity contribution in [3.63, 3.8) is 0 Å². The molecule has 80 valence electrons. The molecule has 0 aromatic heterocycles. The number of hydrogen-bond acceptors (Lipinski definition) is 1. The first kappa shape index (κ1) is 29.4. The fraction of sp³-hybridized carbons (Fsp3) is 1.00. The van der Waals surface area contributed by atoms with E-state index in [4.69, 9.17) is 3.79 Å². The van der Waals surface area contributed by atoms with Gasteiger partial charge in [0.1, 0.15) is 16.3 Å². The van der Waals surface area contributed by atoms with Gasteiger partial charge in [-0.2, -0.15) is 0 Å². The van der Waals surface area contributed by atoms with Crippen LogP contribution in [0.4, 0.5) is 0 Å². The fourth-order valence-corrected chi connectivity index (χ4v) is 0.289. The smallest absolute Gasteiger partial charge is 0.369 e. The third-order valence-electron chi connectivity index (χ3n) is 0.807. The van der Waals surface area contributed by atoms with Crippen LogP contribution in [0.1, 0.15) is 34.1 Å². The van der Waals surface area contributed by atoms with Gasteiger partial charge in [0.15, 0.2) is 0 Å². The summed E-state index contributed by atoms with van der Waals surface area (Å²) in [6, 6.07) is 0. The van der Waals surface area contributed by atoms with Crippen LogP contribution in [0.5, 0.6) is 0 Å². The van der Waals surface area contributed by atoms with E-state index in [2.05, 4.69) is 53.7 Å². The Morgan fingerprint density at radius 2 is 1.31 bits per heavy atom. The number of rotatable bonds is 2. The molecule has 0 saturated carbocycles. The molecule has 1 unspecified atom stereocenters. The van der Waals surface area contributed by atoms with E-state index < -0.39 is 0 Å². The minimum absolute atomic E-state index is 0. The Kier molecular flexibility index (Phi) is 53.3. The molecule has 0 amide bonds. The van der Waals surface area contributed by atoms with Gasteiger partial charge in [0, 0.05) is 6.10 Å². The molecule has 0 aromatic carbocycles. The van der Waals surface area contributed by atoms with Crippen molar-refractivity contribution in [3.8, 4) is 0 Å². The van der Waals surface area contributed by atoms with Crippen molar-refractivity contribution in [3.05, 3.63) is 0 Å². The van der Waals surface area contributed by atoms with Gasteiger partial charge < -0.3 is 3.79 Å². The molecular formula is C7H19Al2Cl3O. The molecule has 0 aliphatic rings. The highest BCUT2D eigenvalue weighted by molar-refractivity contribution is 6.10. The zero-order valence-electron chi connectivity index (χ0n) is 8.65. The fourth-order valence-electron chi connectivity index (χ4n) is 0.0962. The second-order valence-electron chi connectivity index (χ2n) is 2.60. The quantitative estimate of drug-likeness (QED) is 0.706. The van der Waals surface area contributed by atoms with Crippen molar-refractivity contribution in [1.82, 2.24) is 0 Å². The third-order valence-corrected chi connectivity index (χ3v) is 1.27. The summed E-state index contributed by atoms with van der Waals surface area (Å²) in [4.78, 5) is 0. The highest BCUT2D eigenvalue weighted by atomic mass is 35.5. The topological polar surface area (TPSA) is 9.23 Å². The van der Waals surface area contributed by atoms with E-state index in [0.29, 0.717) is 6.10 Å². The average Bonchev–Trinajstić information content (AvgIpc) is 1.85. The second kappa shape index (κ2) is 23.6. The summed E-state index contributed by atoms with van der Waals surface area (Å²) in [6.07, 6.45) is 1.48. The highest BCUT2D eigenvalue weighted by Crippen LogP contribution is 1.89. The third kappa shape index (κ3) is 56.6. The van der Waals surface area contributed by atoms with Crippen LogP contribution in [-0.4, -0.2) is 39.0 Å². The zero-order valence-corrected chi connectivity index (χ0v) is 13.4. The van der Waals surface area contributed by atoms with E-state index in [1.54, 1.807) is 0 Å². The first-order valence-electron chi connectivity index (χ1n) is 3.65. The molecule has 6 heteroatoms. The van der Waals surface area contributed by atoms with Gasteiger partial charge in [0.25, 0.3) is 0 Å². The Hall–Kier alpha value is 1.89. The number of halogens is 3. The Labute approximate surface area is 118 Å². The van der Waals surface area contributed by atoms with Crippen molar-refractivity contribution in [2.75, 3.05) is 0 Å². The van der Waals surface area contributed by atoms with Crippen LogP contribution >= 0.6 is 37.2 Å². The van der Waals surface area contributed by atoms with Gasteiger partial charge in [-0.1, -0.05) is 20.8 Å². The molecule has 0 aromatic rings. The molecule has 0 spiro atoms. The largest absolute Gasteiger partial charge is 0.514 e. The van der Waals surface area contributed by atoms with Gasteiger partial charge in [-0.25, -0.2) is 0 Å². The summed E-state index contributed by atoms with van der Waals surface area (Å²) >= 11 is 4.90. The van der Waals surface area contributed by atoms with Crippen molar-refractivity contribution in [1.29, 1.82) is 0 Å². The molecule has 0 saturated heterocycles. The highest BCUT2D eigenvalue weighted by Gasteiger charge is 1.86. The van der Waals surface area contributed by atoms with E-state index in [1.165, 1.54) is 0 Å². The molecule has 0 aliphatic heterocycles. The van der Waals surface area contributed by atoms with E-state index in [-0.39, 0.29) is 37.2 Å². The summed E-state index contributed by atoms with van der Waals surface area (Å²) in [6.45, 7) is 8.39. The van der Waals surface area contributed by atoms with Crippen LogP contribution < -0.4 is 0 Å². The lowest BCUT2D eigenvalue weighted by Crippen LogP contribution is -2.01. The van der Waals surface area contributed by atoms with Crippen LogP contribution in [0.3, 0.4) is 0 Å². The van der Waals surface area contributed by atoms with E-state index in [1.807, 2.05) is 6.92 Å². The van der Waals surface area contributed by atoms with Crippen molar-refractivity contribution in [2.24, 2.45) is 0 Å². The van der Waals surface area contributed by atoms with E-state index in [0.717, 1.165) is 11.2 Å². The van der Waals surface area contributed by atoms with Crippen LogP contribution in [0, 0.1) is 0 Å². The molecule has 0 rings (SSSR count). The van der Waals surface area contributed by atoms with Crippen molar-refractivity contribution < 1.29 is 3.79 Å². The maximum absolute atomic E-state index is 4.82. The predicted molar refractivity (Wildman–Crippen MR) is 69.2 cm³/mol. The minimum Gasteiger partial charge on any atom is -0.514 e. The lowest BCUT2D eigenvalue weighted by molar-refractivity contribution is 0.239. The van der Waals surface area contributed by atoms with Gasteiger partial charge in [0.2, 0.25) is 0 Å². The Bertz CT molecular complexity index is 60.9. The lowest BCUT2D eigenvalue weighted by Gasteiger charge is -2.04. The van der Waals surface area contributed by atoms with Crippen molar-refractivity contribution in [2.45, 2.75) is 45.0 Å². The van der Waals surface area contributed by atoms with E-state index >= 15 is 0 Å². The first-order chi connectivity index (χ1) is 4.54. The molecule has 0 aliphatic carbocycles. The molecule has 0 bridgehead atoms. The molecule has 13 heavy (non-hydrogen) atoms. The monoisotopic (exact) mass is 278 g/mol. The van der Waals surface area contributed by atoms with E-state index in [9.17, 15) is 0 Å². The maximum atomic E-state index is 4.82. The molecule has 4 radical (unpaired) electrons. The molecule has 1 nitrogen and oxygen atoms in total. The average molecular weight is 280 g/mol. The molecule has 0 heterocycles. The molecule has 0 N–H and O–H groups in total. The van der Waals surface area contributed by atoms with Gasteiger partial charge in [-0.15, -0.1) is 42.0 Å². The van der Waals surface area contributed by atoms with Crippen molar-refractivity contribution >= 4 is 70.1 Å². The standard InChI is InChI=1S/C4H9O.C3H7.2Al.3ClH/c1-3-4(2)5;1-3-2;;;;;/h4H,3H2,1-2H3;3H,1-2H3;;;3*1H/q-1;;;+1;;;. The predicted octanol–water partition coefficient (Wildman–Crippen LogP) is 3.13. The first-order valence-corrected chi connectivity index (χ1v) is 4.79. The molecular weight excluding hydrogens is 260 g/mol. The second-order valence-corrected chi connectivity index (χ2v) is 4.20. The SMILES string of the molecule is CCC(C)[O][Al].C[CH](C)[Al].Cl.Cl.Cl. The van der Waals surface area contributed by atoms with Gasteiger partial charge in [-0.05, 0) is 13.3 Å². The summed E-state index contributed by atoms with van der Waals surface area (Å²) in [5.41, 5.74) is 0. The number of hydrogen-bond donors (Lipinski definition) is 0. The maximum Gasteiger partial charge on any atom is 0.369 e. The lowest BCUT2D eigenvalue weighted by atomic mass is 10.3. The van der Waals surface area contributed by atoms with Gasteiger partial charge in [0.05, 0.1) is 0 Å². The normalized spacial score (nSPS) is 9.31. The van der Waals surface area contributed by atoms with Crippen LogP contribution in [0.2, 0.25) is 4.78 Å². The Morgan fingerprint density at radius 1 is 1.08 bits per heavy atom. The zero-order chi connectivity index (χ0) is 8.57. The van der Waals surface area contributed by atoms with Gasteiger partial charge >= 0.3 is 16.6 Å². The van der Waals surface area contributed by atoms with Crippen LogP contribution in [0.25, 0.3) is 0 Å². The van der Waals surface area contributed by atoms with Crippen LogP contribution in [-0.2, 0) is 3.79 Å². The minimum atomic E-state index is 0. The molecule has 1 atom stereocenters. The van der Waals surface area contributed by atoms with Gasteiger partial charge in [-0.3, -0.25) is 0 Å². The Morgan fingerprint density at radius 3 is 1.31 bits per heavy atom. The summed E-state index contributed by atoms with van der Waals surface area (Å²) in [7, 11) is 0. The van der Waals surface area contributed by atoms with Crippen LogP contribution in [0.15, 0.2) is 0 Å². The molecule has 0 fully saturated rings. The summed E-state index contributed by atoms with van der Waals surface area (Å²) in [5, 5.41) is 0.